The van der Waals surface area contributed by atoms with E-state index >= 15 is 0 Å². The third kappa shape index (κ3) is 18.3. The van der Waals surface area contributed by atoms with Crippen LogP contribution in [0.25, 0.3) is 43.2 Å². The van der Waals surface area contributed by atoms with E-state index in [9.17, 15) is 0 Å². The standard InChI is InChI=1S/C10H8S8.2C9H7N.4CNS.Cr/c1-2-12-5(11-1)7-15-9-10(16-7)18-8(17-9)6-13-3-4-14-6;2*1-2-4-9-7-10-6-5-8(9)3-1;4*2-1-3;/h1-4H2;2*1-7H;;;;;/q;;;4*-1;+4. The van der Waals surface area contributed by atoms with Gasteiger partial charge in [0.05, 0.1) is 25.4 Å². The molecule has 4 aliphatic rings. The average molecular weight is 927 g/mol. The number of thioether (sulfide) groups is 8. The first kappa shape index (κ1) is 48.0. The molecule has 4 aliphatic heterocycles. The van der Waals surface area contributed by atoms with E-state index in [1.54, 1.807) is 16.9 Å². The van der Waals surface area contributed by atoms with Crippen molar-refractivity contribution in [2.24, 2.45) is 0 Å². The number of thiocarbonyl (C=S) groups is 4. The molecule has 2 aromatic carbocycles. The Hall–Kier alpha value is -0.988. The van der Waals surface area contributed by atoms with Crippen LogP contribution < -0.4 is 0 Å². The van der Waals surface area contributed by atoms with Crippen molar-refractivity contribution in [3.63, 3.8) is 0 Å². The Bertz CT molecular complexity index is 1620. The molecule has 2 fully saturated rings. The Morgan fingerprint density at radius 2 is 0.686 bits per heavy atom. The second-order valence-electron chi connectivity index (χ2n) is 8.34. The molecule has 258 valence electrons. The molecule has 0 aliphatic carbocycles. The van der Waals surface area contributed by atoms with Crippen molar-refractivity contribution in [3.05, 3.63) is 133 Å². The third-order valence-corrected chi connectivity index (χ3v) is 17.5. The zero-order valence-corrected chi connectivity index (χ0v) is 37.0. The zero-order chi connectivity index (χ0) is 36.4. The first-order valence-corrected chi connectivity index (χ1v) is 22.4. The molecule has 2 aromatic heterocycles. The van der Waals surface area contributed by atoms with Gasteiger partial charge in [0.25, 0.3) is 0 Å². The molecule has 0 saturated carbocycles. The van der Waals surface area contributed by atoms with E-state index in [2.05, 4.69) is 83.1 Å². The monoisotopic (exact) mass is 926 g/mol. The maximum Gasteiger partial charge on any atom is 4.00 e. The van der Waals surface area contributed by atoms with E-state index in [0.717, 1.165) is 0 Å². The van der Waals surface area contributed by atoms with Gasteiger partial charge < -0.3 is 21.6 Å². The van der Waals surface area contributed by atoms with Crippen LogP contribution in [0.15, 0.2) is 111 Å². The van der Waals surface area contributed by atoms with E-state index in [-0.39, 0.29) is 17.4 Å². The van der Waals surface area contributed by atoms with Crippen LogP contribution in [0.5, 0.6) is 0 Å². The van der Waals surface area contributed by atoms with Crippen molar-refractivity contribution in [1.82, 2.24) is 9.97 Å². The Labute approximate surface area is 363 Å². The van der Waals surface area contributed by atoms with Gasteiger partial charge >= 0.3 is 17.4 Å². The second-order valence-corrected chi connectivity index (χ2v) is 19.1. The van der Waals surface area contributed by atoms with Gasteiger partial charge in [0, 0.05) is 47.8 Å². The Morgan fingerprint density at radius 3 is 0.961 bits per heavy atom. The number of aromatic nitrogens is 2. The van der Waals surface area contributed by atoms with E-state index in [1.807, 2.05) is 155 Å². The molecule has 51 heavy (non-hydrogen) atoms. The molecule has 0 spiro atoms. The molecule has 0 radical (unpaired) electrons. The summed E-state index contributed by atoms with van der Waals surface area (Å²) in [4.78, 5) is 8.03. The minimum absolute atomic E-state index is 0. The number of hydrogen-bond acceptors (Lipinski definition) is 14. The second kappa shape index (κ2) is 30.4. The summed E-state index contributed by atoms with van der Waals surface area (Å²) in [6.45, 7) is 0. The summed E-state index contributed by atoms with van der Waals surface area (Å²) in [7, 11) is 0. The minimum atomic E-state index is 0. The first-order chi connectivity index (χ1) is 24.5. The summed E-state index contributed by atoms with van der Waals surface area (Å²) < 4.78 is 9.30. The largest absolute Gasteiger partial charge is 4.00 e. The maximum absolute atomic E-state index is 7.13. The van der Waals surface area contributed by atoms with Crippen LogP contribution in [0.1, 0.15) is 0 Å². The first-order valence-electron chi connectivity index (χ1n) is 13.6. The number of nitrogens with zero attached hydrogens (tertiary/aromatic N) is 6. The van der Waals surface area contributed by atoms with E-state index < -0.39 is 0 Å². The number of pyridine rings is 2. The molecule has 6 nitrogen and oxygen atoms in total. The van der Waals surface area contributed by atoms with Crippen LogP contribution in [0.3, 0.4) is 0 Å². The smallest absolute Gasteiger partial charge is 0.753 e. The van der Waals surface area contributed by atoms with E-state index in [1.165, 1.54) is 73.7 Å². The fraction of sp³-hybridized carbons (Fsp3) is 0.125. The summed E-state index contributed by atoms with van der Waals surface area (Å²) in [6.07, 6.45) is 7.36. The summed E-state index contributed by atoms with van der Waals surface area (Å²) in [6, 6.07) is 20.4. The molecule has 2 saturated heterocycles. The molecule has 6 heterocycles. The summed E-state index contributed by atoms with van der Waals surface area (Å²) >= 11 is 31.0. The van der Waals surface area contributed by atoms with E-state index in [0.29, 0.717) is 0 Å². The van der Waals surface area contributed by atoms with Gasteiger partial charge in [0.15, 0.2) is 0 Å². The fourth-order valence-corrected chi connectivity index (χ4v) is 15.9. The number of rotatable bonds is 0. The molecular weight excluding hydrogens is 905 g/mol. The SMILES string of the molecule is C1CSC(=C2SC3=C(S2)SC(=C2SCCS2)S3)S1.[Cr+4].[N-]=C=S.[N-]=C=S.[N-]=C=S.[N-]=C=S.c1ccc2cnccc2c1.c1ccc2cnccc2c1. The predicted molar refractivity (Wildman–Crippen MR) is 249 cm³/mol. The summed E-state index contributed by atoms with van der Waals surface area (Å²) in [5.74, 6) is 5.16. The fourth-order valence-electron chi connectivity index (χ4n) is 3.66. The van der Waals surface area contributed by atoms with Crippen LogP contribution in [0.4, 0.5) is 0 Å². The third-order valence-electron chi connectivity index (χ3n) is 5.44. The maximum atomic E-state index is 7.13. The van der Waals surface area contributed by atoms with Crippen LogP contribution in [-0.4, -0.2) is 53.6 Å². The van der Waals surface area contributed by atoms with Gasteiger partial charge in [-0.05, 0) is 33.7 Å². The quantitative estimate of drug-likeness (QED) is 0.123. The molecular formula is C32H22CrN6S12. The molecule has 4 aromatic rings. The Balaban J connectivity index is 0.000000342. The van der Waals surface area contributed by atoms with Crippen LogP contribution >= 0.6 is 143 Å². The molecule has 0 amide bonds. The van der Waals surface area contributed by atoms with Gasteiger partial charge in [-0.25, -0.2) is 0 Å². The van der Waals surface area contributed by atoms with Crippen LogP contribution in [0.2, 0.25) is 0 Å². The predicted octanol–water partition coefficient (Wildman–Crippen LogP) is 13.4. The van der Waals surface area contributed by atoms with Crippen molar-refractivity contribution >= 4 is 185 Å². The normalized spacial score (nSPS) is 14.4. The summed E-state index contributed by atoms with van der Waals surface area (Å²) in [5, 5.41) is 38.8. The topological polar surface area (TPSA) is 115 Å². The van der Waals surface area contributed by atoms with Gasteiger partial charge in [0.2, 0.25) is 0 Å². The Kier molecular flexibility index (Phi) is 28.6. The van der Waals surface area contributed by atoms with Gasteiger partial charge in [-0.15, -0.1) is 47.0 Å². The Morgan fingerprint density at radius 1 is 0.431 bits per heavy atom. The van der Waals surface area contributed by atoms with Crippen molar-refractivity contribution in [2.45, 2.75) is 0 Å². The molecule has 8 rings (SSSR count). The molecule has 0 atom stereocenters. The van der Waals surface area contributed by atoms with Crippen molar-refractivity contribution < 1.29 is 17.4 Å². The van der Waals surface area contributed by atoms with Gasteiger partial charge in [0.1, 0.15) is 0 Å². The molecule has 0 unspecified atom stereocenters. The van der Waals surface area contributed by atoms with E-state index in [4.69, 9.17) is 21.6 Å². The number of benzene rings is 2. The summed E-state index contributed by atoms with van der Waals surface area (Å²) in [5.41, 5.74) is 0. The number of hydrogen-bond donors (Lipinski definition) is 0. The average Bonchev–Trinajstić information content (AvgIpc) is 3.96. The molecule has 0 bridgehead atoms. The number of isothiocyanates is 4. The van der Waals surface area contributed by atoms with Crippen LogP contribution in [-0.2, 0) is 17.4 Å². The van der Waals surface area contributed by atoms with Crippen molar-refractivity contribution in [3.8, 4) is 0 Å². The van der Waals surface area contributed by atoms with Crippen LogP contribution in [0, 0.1) is 0 Å². The van der Waals surface area contributed by atoms with Crippen molar-refractivity contribution in [2.75, 3.05) is 23.0 Å². The van der Waals surface area contributed by atoms with Gasteiger partial charge in [-0.1, -0.05) is 144 Å². The number of fused-ring (bicyclic) bond motifs is 2. The zero-order valence-electron chi connectivity index (χ0n) is 25.9. The molecule has 0 N–H and O–H groups in total. The minimum Gasteiger partial charge on any atom is -0.753 e. The molecule has 19 heteroatoms. The van der Waals surface area contributed by atoms with Crippen molar-refractivity contribution in [1.29, 1.82) is 0 Å². The van der Waals surface area contributed by atoms with Gasteiger partial charge in [-0.3, -0.25) is 9.97 Å². The van der Waals surface area contributed by atoms with Gasteiger partial charge in [-0.2, -0.15) is 20.6 Å².